The summed E-state index contributed by atoms with van der Waals surface area (Å²) in [6.07, 6.45) is 6.81. The normalized spacial score (nSPS) is 10.8. The molecule has 118 valence electrons. The van der Waals surface area contributed by atoms with Gasteiger partial charge < -0.3 is 15.3 Å². The molecular weight excluding hydrogens is 304 g/mol. The molecule has 0 aromatic carbocycles. The molecule has 0 amide bonds. The minimum absolute atomic E-state index is 0.369. The van der Waals surface area contributed by atoms with Gasteiger partial charge in [-0.05, 0) is 29.8 Å². The number of H-pyrrole nitrogens is 2. The van der Waals surface area contributed by atoms with Crippen LogP contribution in [-0.4, -0.2) is 24.9 Å². The molecule has 4 rings (SSSR count). The third-order valence-corrected chi connectivity index (χ3v) is 3.69. The molecule has 0 aliphatic heterocycles. The molecule has 7 heteroatoms. The lowest BCUT2D eigenvalue weighted by molar-refractivity contribution is 1.03. The minimum atomic E-state index is -0.369. The Morgan fingerprint density at radius 1 is 1.12 bits per heavy atom. The van der Waals surface area contributed by atoms with Crippen molar-refractivity contribution in [2.75, 3.05) is 5.32 Å². The predicted octanol–water partition coefficient (Wildman–Crippen LogP) is 2.32. The van der Waals surface area contributed by atoms with Crippen LogP contribution in [0.2, 0.25) is 0 Å². The van der Waals surface area contributed by atoms with Crippen molar-refractivity contribution in [3.8, 4) is 11.1 Å². The summed E-state index contributed by atoms with van der Waals surface area (Å²) in [7, 11) is 0. The molecule has 4 aromatic heterocycles. The quantitative estimate of drug-likeness (QED) is 0.536. The lowest BCUT2D eigenvalue weighted by Crippen LogP contribution is -2.08. The molecule has 4 aromatic rings. The van der Waals surface area contributed by atoms with E-state index < -0.39 is 0 Å². The SMILES string of the molecule is O=c1ncc(-c2cc(NCc3ccccn3)nc3[nH]ccc23)c[nH]1. The van der Waals surface area contributed by atoms with Gasteiger partial charge in [0, 0.05) is 35.7 Å². The molecule has 3 N–H and O–H groups in total. The monoisotopic (exact) mass is 318 g/mol. The number of aromatic amines is 2. The van der Waals surface area contributed by atoms with Gasteiger partial charge in [-0.3, -0.25) is 4.98 Å². The Balaban J connectivity index is 1.72. The summed E-state index contributed by atoms with van der Waals surface area (Å²) in [6.45, 7) is 0.573. The van der Waals surface area contributed by atoms with Gasteiger partial charge in [-0.15, -0.1) is 0 Å². The van der Waals surface area contributed by atoms with Crippen molar-refractivity contribution < 1.29 is 0 Å². The van der Waals surface area contributed by atoms with Crippen molar-refractivity contribution in [1.82, 2.24) is 24.9 Å². The van der Waals surface area contributed by atoms with Crippen LogP contribution >= 0.6 is 0 Å². The first kappa shape index (κ1) is 14.1. The largest absolute Gasteiger partial charge is 0.364 e. The van der Waals surface area contributed by atoms with Gasteiger partial charge in [0.1, 0.15) is 11.5 Å². The van der Waals surface area contributed by atoms with Crippen molar-refractivity contribution >= 4 is 16.9 Å². The van der Waals surface area contributed by atoms with E-state index in [9.17, 15) is 4.79 Å². The van der Waals surface area contributed by atoms with Crippen molar-refractivity contribution in [2.45, 2.75) is 6.54 Å². The maximum Gasteiger partial charge on any atom is 0.344 e. The highest BCUT2D eigenvalue weighted by atomic mass is 16.1. The van der Waals surface area contributed by atoms with E-state index in [-0.39, 0.29) is 5.69 Å². The van der Waals surface area contributed by atoms with E-state index in [1.54, 1.807) is 18.6 Å². The smallest absolute Gasteiger partial charge is 0.344 e. The number of aromatic nitrogens is 5. The molecule has 0 aliphatic carbocycles. The first-order chi connectivity index (χ1) is 11.8. The number of anilines is 1. The molecule has 0 bridgehead atoms. The molecule has 0 atom stereocenters. The summed E-state index contributed by atoms with van der Waals surface area (Å²) in [4.78, 5) is 29.6. The number of hydrogen-bond acceptors (Lipinski definition) is 5. The summed E-state index contributed by atoms with van der Waals surface area (Å²) >= 11 is 0. The Labute approximate surface area is 136 Å². The highest BCUT2D eigenvalue weighted by Gasteiger charge is 2.09. The zero-order chi connectivity index (χ0) is 16.4. The van der Waals surface area contributed by atoms with E-state index in [4.69, 9.17) is 0 Å². The predicted molar refractivity (Wildman–Crippen MR) is 91.5 cm³/mol. The molecule has 0 aliphatic rings. The summed E-state index contributed by atoms with van der Waals surface area (Å²) in [6, 6.07) is 9.67. The fraction of sp³-hybridized carbons (Fsp3) is 0.0588. The van der Waals surface area contributed by atoms with Crippen molar-refractivity contribution in [3.63, 3.8) is 0 Å². The molecule has 0 radical (unpaired) electrons. The van der Waals surface area contributed by atoms with Crippen LogP contribution in [-0.2, 0) is 6.54 Å². The van der Waals surface area contributed by atoms with Gasteiger partial charge in [-0.1, -0.05) is 6.07 Å². The maximum atomic E-state index is 11.2. The van der Waals surface area contributed by atoms with Crippen LogP contribution < -0.4 is 11.0 Å². The van der Waals surface area contributed by atoms with Crippen LogP contribution in [0.5, 0.6) is 0 Å². The second-order valence-corrected chi connectivity index (χ2v) is 5.28. The van der Waals surface area contributed by atoms with Gasteiger partial charge in [-0.25, -0.2) is 14.8 Å². The number of rotatable bonds is 4. The first-order valence-corrected chi connectivity index (χ1v) is 7.46. The molecule has 7 nitrogen and oxygen atoms in total. The summed E-state index contributed by atoms with van der Waals surface area (Å²) in [5.41, 5.74) is 3.09. The highest BCUT2D eigenvalue weighted by molar-refractivity contribution is 5.94. The lowest BCUT2D eigenvalue weighted by atomic mass is 10.1. The average Bonchev–Trinajstić information content (AvgIpc) is 3.09. The van der Waals surface area contributed by atoms with Crippen LogP contribution in [0, 0.1) is 0 Å². The molecule has 0 unspecified atom stereocenters. The Morgan fingerprint density at radius 3 is 2.88 bits per heavy atom. The van der Waals surface area contributed by atoms with Gasteiger partial charge in [0.2, 0.25) is 0 Å². The fourth-order valence-corrected chi connectivity index (χ4v) is 2.54. The average molecular weight is 318 g/mol. The Kier molecular flexibility index (Phi) is 3.51. The van der Waals surface area contributed by atoms with Crippen LogP contribution in [0.25, 0.3) is 22.2 Å². The van der Waals surface area contributed by atoms with Gasteiger partial charge in [0.05, 0.1) is 12.2 Å². The second kappa shape index (κ2) is 5.96. The summed E-state index contributed by atoms with van der Waals surface area (Å²) < 4.78 is 0. The van der Waals surface area contributed by atoms with E-state index in [1.165, 1.54) is 0 Å². The zero-order valence-electron chi connectivity index (χ0n) is 12.7. The molecule has 0 saturated heterocycles. The maximum absolute atomic E-state index is 11.2. The van der Waals surface area contributed by atoms with Crippen molar-refractivity contribution in [1.29, 1.82) is 0 Å². The number of fused-ring (bicyclic) bond motifs is 1. The number of nitrogens with zero attached hydrogens (tertiary/aromatic N) is 3. The second-order valence-electron chi connectivity index (χ2n) is 5.28. The standard InChI is InChI=1S/C17H14N6O/c24-17-21-8-11(9-22-17)14-7-15(23-16-13(14)4-6-19-16)20-10-12-3-1-2-5-18-12/h1-9H,10H2,(H2,19,20,23)(H,21,22,24). The van der Waals surface area contributed by atoms with Crippen molar-refractivity contribution in [2.24, 2.45) is 0 Å². The van der Waals surface area contributed by atoms with Gasteiger partial charge in [0.15, 0.2) is 0 Å². The third kappa shape index (κ3) is 2.74. The Morgan fingerprint density at radius 2 is 2.08 bits per heavy atom. The topological polar surface area (TPSA) is 99.3 Å². The molecule has 0 spiro atoms. The highest BCUT2D eigenvalue weighted by Crippen LogP contribution is 2.28. The Bertz CT molecular complexity index is 1020. The third-order valence-electron chi connectivity index (χ3n) is 3.69. The van der Waals surface area contributed by atoms with E-state index in [0.29, 0.717) is 6.54 Å². The van der Waals surface area contributed by atoms with Gasteiger partial charge in [0.25, 0.3) is 0 Å². The number of pyridine rings is 2. The first-order valence-electron chi connectivity index (χ1n) is 7.46. The molecule has 0 fully saturated rings. The molecule has 4 heterocycles. The van der Waals surface area contributed by atoms with Crippen molar-refractivity contribution in [3.05, 3.63) is 71.3 Å². The van der Waals surface area contributed by atoms with E-state index >= 15 is 0 Å². The van der Waals surface area contributed by atoms with Crippen LogP contribution in [0.4, 0.5) is 5.82 Å². The number of nitrogens with one attached hydrogen (secondary N) is 3. The van der Waals surface area contributed by atoms with Gasteiger partial charge >= 0.3 is 5.69 Å². The van der Waals surface area contributed by atoms with E-state index in [0.717, 1.165) is 33.7 Å². The summed E-state index contributed by atoms with van der Waals surface area (Å²) in [5, 5.41) is 4.24. The lowest BCUT2D eigenvalue weighted by Gasteiger charge is -2.09. The molecule has 24 heavy (non-hydrogen) atoms. The van der Waals surface area contributed by atoms with E-state index in [2.05, 4.69) is 30.2 Å². The zero-order valence-corrected chi connectivity index (χ0v) is 12.7. The van der Waals surface area contributed by atoms with E-state index in [1.807, 2.05) is 36.5 Å². The van der Waals surface area contributed by atoms with Crippen LogP contribution in [0.3, 0.4) is 0 Å². The van der Waals surface area contributed by atoms with Crippen LogP contribution in [0.1, 0.15) is 5.69 Å². The van der Waals surface area contributed by atoms with Crippen LogP contribution in [0.15, 0.2) is 59.9 Å². The summed E-state index contributed by atoms with van der Waals surface area (Å²) in [5.74, 6) is 0.719. The Hall–Kier alpha value is -3.48. The minimum Gasteiger partial charge on any atom is -0.364 e. The number of hydrogen-bond donors (Lipinski definition) is 3. The fourth-order valence-electron chi connectivity index (χ4n) is 2.54. The van der Waals surface area contributed by atoms with Gasteiger partial charge in [-0.2, -0.15) is 0 Å². The molecule has 0 saturated carbocycles. The molecular formula is C17H14N6O.